The van der Waals surface area contributed by atoms with E-state index in [0.717, 1.165) is 31.0 Å². The Balaban J connectivity index is 1.81. The molecule has 3 amide bonds. The van der Waals surface area contributed by atoms with Gasteiger partial charge in [0.05, 0.1) is 6.54 Å². The summed E-state index contributed by atoms with van der Waals surface area (Å²) in [6.07, 6.45) is 1.98. The molecule has 0 aromatic heterocycles. The van der Waals surface area contributed by atoms with Crippen molar-refractivity contribution in [3.8, 4) is 0 Å². The molecule has 2 rings (SSSR count). The third-order valence-corrected chi connectivity index (χ3v) is 3.81. The lowest BCUT2D eigenvalue weighted by Crippen LogP contribution is -2.44. The Kier molecular flexibility index (Phi) is 4.98. The number of urea groups is 1. The maximum absolute atomic E-state index is 11.4. The number of hydrogen-bond donors (Lipinski definition) is 2. The molecule has 1 fully saturated rings. The Morgan fingerprint density at radius 3 is 2.40 bits per heavy atom. The number of imide groups is 1. The Morgan fingerprint density at radius 2 is 1.85 bits per heavy atom. The van der Waals surface area contributed by atoms with Gasteiger partial charge in [-0.15, -0.1) is 0 Å². The minimum absolute atomic E-state index is 0.219. The number of likely N-dealkylation sites (tertiary alicyclic amines) is 1. The number of benzene rings is 1. The van der Waals surface area contributed by atoms with Crippen molar-refractivity contribution in [2.24, 2.45) is 5.73 Å². The summed E-state index contributed by atoms with van der Waals surface area (Å²) in [5.74, 6) is 0.158. The summed E-state index contributed by atoms with van der Waals surface area (Å²) in [6, 6.07) is 7.13. The van der Waals surface area contributed by atoms with Crippen LogP contribution in [-0.2, 0) is 4.79 Å². The molecule has 0 aliphatic carbocycles. The van der Waals surface area contributed by atoms with Gasteiger partial charge < -0.3 is 5.73 Å². The fraction of sp³-hybridized carbons (Fsp3) is 0.429. The van der Waals surface area contributed by atoms with Crippen LogP contribution in [0, 0.1) is 0 Å². The van der Waals surface area contributed by atoms with Crippen LogP contribution in [0.1, 0.15) is 24.3 Å². The zero-order valence-electron chi connectivity index (χ0n) is 11.1. The summed E-state index contributed by atoms with van der Waals surface area (Å²) in [4.78, 5) is 24.1. The van der Waals surface area contributed by atoms with Gasteiger partial charge in [0, 0.05) is 5.02 Å². The largest absolute Gasteiger partial charge is 0.351 e. The summed E-state index contributed by atoms with van der Waals surface area (Å²) in [6.45, 7) is 1.88. The average molecular weight is 296 g/mol. The summed E-state index contributed by atoms with van der Waals surface area (Å²) in [7, 11) is 0. The molecular formula is C14H18ClN3O2. The number of halogens is 1. The van der Waals surface area contributed by atoms with E-state index in [1.165, 1.54) is 5.56 Å². The smallest absolute Gasteiger partial charge is 0.318 e. The standard InChI is InChI=1S/C14H18ClN3O2/c15-12-3-1-10(2-4-12)11-5-7-18(8-6-11)9-13(19)17-14(16)20/h1-4,11H,5-9H2,(H3,16,17,19,20). The van der Waals surface area contributed by atoms with Gasteiger partial charge in [-0.1, -0.05) is 23.7 Å². The molecule has 108 valence electrons. The second-order valence-electron chi connectivity index (χ2n) is 5.01. The Morgan fingerprint density at radius 1 is 1.25 bits per heavy atom. The highest BCUT2D eigenvalue weighted by Gasteiger charge is 2.22. The molecule has 0 bridgehead atoms. The van der Waals surface area contributed by atoms with Gasteiger partial charge in [-0.05, 0) is 49.5 Å². The van der Waals surface area contributed by atoms with E-state index in [4.69, 9.17) is 17.3 Å². The Bertz CT molecular complexity index is 482. The van der Waals surface area contributed by atoms with Gasteiger partial charge in [-0.2, -0.15) is 0 Å². The highest BCUT2D eigenvalue weighted by atomic mass is 35.5. The van der Waals surface area contributed by atoms with Crippen molar-refractivity contribution in [1.29, 1.82) is 0 Å². The number of hydrogen-bond acceptors (Lipinski definition) is 3. The van der Waals surface area contributed by atoms with Gasteiger partial charge in [0.25, 0.3) is 0 Å². The summed E-state index contributed by atoms with van der Waals surface area (Å²) < 4.78 is 0. The number of carbonyl (C=O) groups is 2. The lowest BCUT2D eigenvalue weighted by molar-refractivity contribution is -0.121. The van der Waals surface area contributed by atoms with Crippen molar-refractivity contribution in [2.45, 2.75) is 18.8 Å². The van der Waals surface area contributed by atoms with E-state index in [2.05, 4.69) is 17.4 Å². The average Bonchev–Trinajstić information content (AvgIpc) is 2.39. The third-order valence-electron chi connectivity index (χ3n) is 3.56. The Labute approximate surface area is 123 Å². The number of carbonyl (C=O) groups excluding carboxylic acids is 2. The number of nitrogens with zero attached hydrogens (tertiary/aromatic N) is 1. The van der Waals surface area contributed by atoms with Gasteiger partial charge in [0.1, 0.15) is 0 Å². The zero-order chi connectivity index (χ0) is 14.5. The number of nitrogens with one attached hydrogen (secondary N) is 1. The first-order valence-electron chi connectivity index (χ1n) is 6.61. The van der Waals surface area contributed by atoms with Crippen molar-refractivity contribution < 1.29 is 9.59 Å². The summed E-state index contributed by atoms with van der Waals surface area (Å²) >= 11 is 5.88. The highest BCUT2D eigenvalue weighted by Crippen LogP contribution is 2.28. The number of nitrogens with two attached hydrogens (primary N) is 1. The van der Waals surface area contributed by atoms with Crippen LogP contribution < -0.4 is 11.1 Å². The minimum Gasteiger partial charge on any atom is -0.351 e. The molecule has 5 nitrogen and oxygen atoms in total. The molecule has 1 aliphatic rings. The van der Waals surface area contributed by atoms with E-state index in [0.29, 0.717) is 5.92 Å². The monoisotopic (exact) mass is 295 g/mol. The van der Waals surface area contributed by atoms with Crippen molar-refractivity contribution in [2.75, 3.05) is 19.6 Å². The quantitative estimate of drug-likeness (QED) is 0.891. The maximum atomic E-state index is 11.4. The maximum Gasteiger partial charge on any atom is 0.318 e. The molecule has 3 N–H and O–H groups in total. The zero-order valence-corrected chi connectivity index (χ0v) is 11.9. The van der Waals surface area contributed by atoms with Crippen molar-refractivity contribution in [3.05, 3.63) is 34.9 Å². The third kappa shape index (κ3) is 4.21. The van der Waals surface area contributed by atoms with Gasteiger partial charge in [0.2, 0.25) is 5.91 Å². The first kappa shape index (κ1) is 14.8. The fourth-order valence-corrected chi connectivity index (χ4v) is 2.67. The van der Waals surface area contributed by atoms with E-state index >= 15 is 0 Å². The van der Waals surface area contributed by atoms with Crippen LogP contribution in [0.5, 0.6) is 0 Å². The van der Waals surface area contributed by atoms with Crippen molar-refractivity contribution in [3.63, 3.8) is 0 Å². The van der Waals surface area contributed by atoms with Crippen LogP contribution in [0.25, 0.3) is 0 Å². The van der Waals surface area contributed by atoms with E-state index in [1.807, 2.05) is 17.0 Å². The van der Waals surface area contributed by atoms with Crippen LogP contribution in [-0.4, -0.2) is 36.5 Å². The molecule has 0 spiro atoms. The van der Waals surface area contributed by atoms with Crippen LogP contribution in [0.3, 0.4) is 0 Å². The molecule has 0 unspecified atom stereocenters. The second-order valence-corrected chi connectivity index (χ2v) is 5.45. The number of piperidine rings is 1. The summed E-state index contributed by atoms with van der Waals surface area (Å²) in [5.41, 5.74) is 6.20. The van der Waals surface area contributed by atoms with Gasteiger partial charge in [-0.25, -0.2) is 4.79 Å². The van der Waals surface area contributed by atoms with Gasteiger partial charge in [0.15, 0.2) is 0 Å². The highest BCUT2D eigenvalue weighted by molar-refractivity contribution is 6.30. The van der Waals surface area contributed by atoms with Crippen LogP contribution in [0.2, 0.25) is 5.02 Å². The fourth-order valence-electron chi connectivity index (χ4n) is 2.54. The molecule has 1 aliphatic heterocycles. The van der Waals surface area contributed by atoms with Gasteiger partial charge in [-0.3, -0.25) is 15.0 Å². The molecule has 0 atom stereocenters. The van der Waals surface area contributed by atoms with E-state index in [-0.39, 0.29) is 12.5 Å². The topological polar surface area (TPSA) is 75.4 Å². The van der Waals surface area contributed by atoms with E-state index < -0.39 is 6.03 Å². The lowest BCUT2D eigenvalue weighted by Gasteiger charge is -2.31. The normalized spacial score (nSPS) is 16.9. The molecule has 1 aromatic rings. The van der Waals surface area contributed by atoms with Gasteiger partial charge >= 0.3 is 6.03 Å². The predicted molar refractivity (Wildman–Crippen MR) is 77.6 cm³/mol. The van der Waals surface area contributed by atoms with Crippen LogP contribution >= 0.6 is 11.6 Å². The van der Waals surface area contributed by atoms with Crippen molar-refractivity contribution in [1.82, 2.24) is 10.2 Å². The van der Waals surface area contributed by atoms with E-state index in [9.17, 15) is 9.59 Å². The first-order chi connectivity index (χ1) is 9.54. The molecule has 1 heterocycles. The molecule has 6 heteroatoms. The molecule has 1 aromatic carbocycles. The molecular weight excluding hydrogens is 278 g/mol. The summed E-state index contributed by atoms with van der Waals surface area (Å²) in [5, 5.41) is 2.83. The number of rotatable bonds is 3. The Hall–Kier alpha value is -1.59. The lowest BCUT2D eigenvalue weighted by atomic mass is 9.89. The first-order valence-corrected chi connectivity index (χ1v) is 6.99. The second kappa shape index (κ2) is 6.72. The molecule has 20 heavy (non-hydrogen) atoms. The molecule has 0 saturated carbocycles. The number of amides is 3. The van der Waals surface area contributed by atoms with Crippen LogP contribution in [0.15, 0.2) is 24.3 Å². The van der Waals surface area contributed by atoms with Crippen LogP contribution in [0.4, 0.5) is 4.79 Å². The number of primary amides is 1. The van der Waals surface area contributed by atoms with E-state index in [1.54, 1.807) is 0 Å². The minimum atomic E-state index is -0.800. The molecule has 1 saturated heterocycles. The SMILES string of the molecule is NC(=O)NC(=O)CN1CCC(c2ccc(Cl)cc2)CC1. The predicted octanol–water partition coefficient (Wildman–Crippen LogP) is 1.71. The van der Waals surface area contributed by atoms with Crippen molar-refractivity contribution >= 4 is 23.5 Å². The molecule has 0 radical (unpaired) electrons.